The lowest BCUT2D eigenvalue weighted by Gasteiger charge is -2.24. The Kier molecular flexibility index (Phi) is 4.36. The van der Waals surface area contributed by atoms with Gasteiger partial charge in [-0.3, -0.25) is 5.32 Å². The molecule has 6 heteroatoms. The summed E-state index contributed by atoms with van der Waals surface area (Å²) in [6.45, 7) is 3.64. The number of benzene rings is 1. The van der Waals surface area contributed by atoms with Crippen molar-refractivity contribution in [3.63, 3.8) is 0 Å². The summed E-state index contributed by atoms with van der Waals surface area (Å²) in [5, 5.41) is 18.0. The number of aryl methyl sites for hydroxylation is 1. The Labute approximate surface area is 121 Å². The number of nitrogens with one attached hydrogen (secondary N) is 2. The van der Waals surface area contributed by atoms with E-state index in [1.165, 1.54) is 11.3 Å². The Morgan fingerprint density at radius 3 is 2.70 bits per heavy atom. The molecule has 0 saturated carbocycles. The largest absolute Gasteiger partial charge is 0.384 e. The number of thiazole rings is 1. The second kappa shape index (κ2) is 6.02. The minimum absolute atomic E-state index is 0.118. The van der Waals surface area contributed by atoms with Crippen molar-refractivity contribution < 1.29 is 9.90 Å². The van der Waals surface area contributed by atoms with Crippen LogP contribution in [0.1, 0.15) is 18.2 Å². The van der Waals surface area contributed by atoms with Crippen LogP contribution in [0.2, 0.25) is 0 Å². The summed E-state index contributed by atoms with van der Waals surface area (Å²) in [5.41, 5.74) is 0.504. The Morgan fingerprint density at radius 1 is 1.40 bits per heavy atom. The smallest absolute Gasteiger partial charge is 0.321 e. The second-order valence-corrected chi connectivity index (χ2v) is 5.60. The molecule has 0 spiro atoms. The summed E-state index contributed by atoms with van der Waals surface area (Å²) in [6.07, 6.45) is 0. The van der Waals surface area contributed by atoms with E-state index in [0.29, 0.717) is 5.13 Å². The van der Waals surface area contributed by atoms with E-state index < -0.39 is 5.60 Å². The molecular weight excluding hydrogens is 274 g/mol. The maximum Gasteiger partial charge on any atom is 0.321 e. The van der Waals surface area contributed by atoms with E-state index in [1.54, 1.807) is 6.92 Å². The van der Waals surface area contributed by atoms with Crippen LogP contribution in [0.4, 0.5) is 9.93 Å². The first-order valence-electron chi connectivity index (χ1n) is 6.22. The fraction of sp³-hybridized carbons (Fsp3) is 0.286. The SMILES string of the molecule is Cc1csc(NC(=O)NCC(C)(O)c2ccccc2)n1. The van der Waals surface area contributed by atoms with Crippen LogP contribution in [-0.2, 0) is 5.60 Å². The maximum absolute atomic E-state index is 11.7. The average Bonchev–Trinajstić information content (AvgIpc) is 2.83. The van der Waals surface area contributed by atoms with Gasteiger partial charge in [-0.2, -0.15) is 0 Å². The van der Waals surface area contributed by atoms with E-state index >= 15 is 0 Å². The zero-order chi connectivity index (χ0) is 14.6. The zero-order valence-corrected chi connectivity index (χ0v) is 12.2. The number of aromatic nitrogens is 1. The maximum atomic E-state index is 11.7. The van der Waals surface area contributed by atoms with Gasteiger partial charge < -0.3 is 10.4 Å². The van der Waals surface area contributed by atoms with Crippen molar-refractivity contribution in [2.75, 3.05) is 11.9 Å². The van der Waals surface area contributed by atoms with E-state index in [1.807, 2.05) is 42.6 Å². The van der Waals surface area contributed by atoms with Gasteiger partial charge in [-0.15, -0.1) is 11.3 Å². The quantitative estimate of drug-likeness (QED) is 0.810. The fourth-order valence-electron chi connectivity index (χ4n) is 1.70. The summed E-state index contributed by atoms with van der Waals surface area (Å²) in [7, 11) is 0. The number of carbonyl (C=O) groups excluding carboxylic acids is 1. The summed E-state index contributed by atoms with van der Waals surface area (Å²) in [4.78, 5) is 15.9. The lowest BCUT2D eigenvalue weighted by atomic mass is 9.96. The van der Waals surface area contributed by atoms with E-state index in [4.69, 9.17) is 0 Å². The monoisotopic (exact) mass is 291 g/mol. The third kappa shape index (κ3) is 3.79. The molecule has 0 fully saturated rings. The van der Waals surface area contributed by atoms with Gasteiger partial charge in [0.05, 0.1) is 12.2 Å². The van der Waals surface area contributed by atoms with Crippen molar-refractivity contribution >= 4 is 22.5 Å². The first-order chi connectivity index (χ1) is 9.47. The summed E-state index contributed by atoms with van der Waals surface area (Å²) < 4.78 is 0. The van der Waals surface area contributed by atoms with Crippen molar-refractivity contribution in [2.45, 2.75) is 19.4 Å². The van der Waals surface area contributed by atoms with E-state index in [-0.39, 0.29) is 12.6 Å². The van der Waals surface area contributed by atoms with Crippen LogP contribution in [0.3, 0.4) is 0 Å². The van der Waals surface area contributed by atoms with Gasteiger partial charge in [0.15, 0.2) is 5.13 Å². The number of amides is 2. The van der Waals surface area contributed by atoms with Crippen LogP contribution in [0, 0.1) is 6.92 Å². The number of carbonyl (C=O) groups is 1. The summed E-state index contributed by atoms with van der Waals surface area (Å²) in [5.74, 6) is 0. The number of hydrogen-bond acceptors (Lipinski definition) is 4. The molecule has 106 valence electrons. The lowest BCUT2D eigenvalue weighted by molar-refractivity contribution is 0.0599. The van der Waals surface area contributed by atoms with Gasteiger partial charge in [-0.25, -0.2) is 9.78 Å². The first-order valence-corrected chi connectivity index (χ1v) is 7.10. The molecule has 0 aliphatic heterocycles. The Balaban J connectivity index is 1.89. The van der Waals surface area contributed by atoms with Crippen LogP contribution >= 0.6 is 11.3 Å². The van der Waals surface area contributed by atoms with Gasteiger partial charge in [0.1, 0.15) is 5.60 Å². The number of rotatable bonds is 4. The highest BCUT2D eigenvalue weighted by Gasteiger charge is 2.23. The standard InChI is InChI=1S/C14H17N3O2S/c1-10-8-20-13(16-10)17-12(18)15-9-14(2,19)11-6-4-3-5-7-11/h3-8,19H,9H2,1-2H3,(H2,15,16,17,18). The number of nitrogens with zero attached hydrogens (tertiary/aromatic N) is 1. The Hall–Kier alpha value is -1.92. The van der Waals surface area contributed by atoms with E-state index in [2.05, 4.69) is 15.6 Å². The highest BCUT2D eigenvalue weighted by atomic mass is 32.1. The molecule has 1 aromatic carbocycles. The third-order valence-electron chi connectivity index (χ3n) is 2.83. The Morgan fingerprint density at radius 2 is 2.10 bits per heavy atom. The molecule has 0 saturated heterocycles. The molecule has 0 aliphatic rings. The first kappa shape index (κ1) is 14.5. The van der Waals surface area contributed by atoms with Crippen molar-refractivity contribution in [1.82, 2.24) is 10.3 Å². The Bertz CT molecular complexity index is 581. The molecule has 3 N–H and O–H groups in total. The number of urea groups is 1. The lowest BCUT2D eigenvalue weighted by Crippen LogP contribution is -2.40. The molecule has 1 aromatic heterocycles. The zero-order valence-electron chi connectivity index (χ0n) is 11.4. The topological polar surface area (TPSA) is 74.2 Å². The highest BCUT2D eigenvalue weighted by Crippen LogP contribution is 2.19. The van der Waals surface area contributed by atoms with Crippen LogP contribution < -0.4 is 10.6 Å². The second-order valence-electron chi connectivity index (χ2n) is 4.74. The van der Waals surface area contributed by atoms with Gasteiger partial charge in [-0.05, 0) is 19.4 Å². The van der Waals surface area contributed by atoms with Crippen LogP contribution in [-0.4, -0.2) is 22.7 Å². The summed E-state index contributed by atoms with van der Waals surface area (Å²) >= 11 is 1.36. The normalized spacial score (nSPS) is 13.6. The average molecular weight is 291 g/mol. The molecule has 0 aliphatic carbocycles. The molecule has 2 rings (SSSR count). The van der Waals surface area contributed by atoms with Crippen molar-refractivity contribution in [2.24, 2.45) is 0 Å². The molecule has 2 amide bonds. The predicted octanol–water partition coefficient (Wildman–Crippen LogP) is 2.48. The van der Waals surface area contributed by atoms with Crippen molar-refractivity contribution in [1.29, 1.82) is 0 Å². The van der Waals surface area contributed by atoms with Crippen LogP contribution in [0.5, 0.6) is 0 Å². The summed E-state index contributed by atoms with van der Waals surface area (Å²) in [6, 6.07) is 8.85. The van der Waals surface area contributed by atoms with Gasteiger partial charge >= 0.3 is 6.03 Å². The van der Waals surface area contributed by atoms with Gasteiger partial charge in [0.2, 0.25) is 0 Å². The molecule has 5 nitrogen and oxygen atoms in total. The van der Waals surface area contributed by atoms with Gasteiger partial charge in [-0.1, -0.05) is 30.3 Å². The van der Waals surface area contributed by atoms with Crippen molar-refractivity contribution in [3.05, 3.63) is 47.0 Å². The van der Waals surface area contributed by atoms with Crippen LogP contribution in [0.25, 0.3) is 0 Å². The van der Waals surface area contributed by atoms with Crippen LogP contribution in [0.15, 0.2) is 35.7 Å². The minimum Gasteiger partial charge on any atom is -0.384 e. The molecular formula is C14H17N3O2S. The van der Waals surface area contributed by atoms with E-state index in [9.17, 15) is 9.90 Å². The highest BCUT2D eigenvalue weighted by molar-refractivity contribution is 7.13. The minimum atomic E-state index is -1.11. The fourth-order valence-corrected chi connectivity index (χ4v) is 2.39. The molecule has 0 bridgehead atoms. The third-order valence-corrected chi connectivity index (χ3v) is 3.70. The number of hydrogen-bond donors (Lipinski definition) is 3. The number of aliphatic hydroxyl groups is 1. The number of anilines is 1. The van der Waals surface area contributed by atoms with E-state index in [0.717, 1.165) is 11.3 Å². The molecule has 2 aromatic rings. The van der Waals surface area contributed by atoms with Crippen molar-refractivity contribution in [3.8, 4) is 0 Å². The molecule has 1 atom stereocenters. The molecule has 1 heterocycles. The molecule has 20 heavy (non-hydrogen) atoms. The predicted molar refractivity (Wildman–Crippen MR) is 79.9 cm³/mol. The van der Waals surface area contributed by atoms with Gasteiger partial charge in [0.25, 0.3) is 0 Å². The molecule has 0 radical (unpaired) electrons. The molecule has 1 unspecified atom stereocenters. The van der Waals surface area contributed by atoms with Gasteiger partial charge in [0, 0.05) is 5.38 Å².